The SMILES string of the molecule is CCCCC[C@H](C)NC(=O)COc1ccccc1C(N)=O. The Bertz CT molecular complexity index is 474. The summed E-state index contributed by atoms with van der Waals surface area (Å²) >= 11 is 0. The first-order valence-electron chi connectivity index (χ1n) is 7.35. The Labute approximate surface area is 125 Å². The molecule has 3 N–H and O–H groups in total. The van der Waals surface area contributed by atoms with Crippen molar-refractivity contribution in [2.45, 2.75) is 45.6 Å². The van der Waals surface area contributed by atoms with Crippen molar-refractivity contribution in [1.82, 2.24) is 5.32 Å². The van der Waals surface area contributed by atoms with Crippen molar-refractivity contribution in [2.75, 3.05) is 6.61 Å². The molecular weight excluding hydrogens is 268 g/mol. The van der Waals surface area contributed by atoms with E-state index in [1.807, 2.05) is 6.92 Å². The number of hydrogen-bond donors (Lipinski definition) is 2. The number of rotatable bonds is 9. The summed E-state index contributed by atoms with van der Waals surface area (Å²) < 4.78 is 5.37. The van der Waals surface area contributed by atoms with Gasteiger partial charge in [-0.2, -0.15) is 0 Å². The van der Waals surface area contributed by atoms with Gasteiger partial charge in [0.1, 0.15) is 5.75 Å². The normalized spacial score (nSPS) is 11.7. The molecular formula is C16H24N2O3. The number of carbonyl (C=O) groups excluding carboxylic acids is 2. The predicted octanol–water partition coefficient (Wildman–Crippen LogP) is 2.25. The second-order valence-corrected chi connectivity index (χ2v) is 5.11. The van der Waals surface area contributed by atoms with E-state index in [2.05, 4.69) is 12.2 Å². The van der Waals surface area contributed by atoms with Crippen molar-refractivity contribution in [3.8, 4) is 5.75 Å². The van der Waals surface area contributed by atoms with Crippen LogP contribution in [0.3, 0.4) is 0 Å². The van der Waals surface area contributed by atoms with Gasteiger partial charge in [0, 0.05) is 6.04 Å². The van der Waals surface area contributed by atoms with E-state index < -0.39 is 5.91 Å². The highest BCUT2D eigenvalue weighted by Crippen LogP contribution is 2.16. The van der Waals surface area contributed by atoms with Crippen molar-refractivity contribution in [3.05, 3.63) is 29.8 Å². The van der Waals surface area contributed by atoms with Crippen LogP contribution in [0.1, 0.15) is 49.9 Å². The minimum Gasteiger partial charge on any atom is -0.483 e. The maximum atomic E-state index is 11.8. The van der Waals surface area contributed by atoms with Gasteiger partial charge in [0.2, 0.25) is 0 Å². The molecule has 0 radical (unpaired) electrons. The maximum absolute atomic E-state index is 11.8. The number of amides is 2. The van der Waals surface area contributed by atoms with E-state index in [0.717, 1.165) is 19.3 Å². The molecule has 0 saturated carbocycles. The minimum absolute atomic E-state index is 0.123. The fourth-order valence-electron chi connectivity index (χ4n) is 2.03. The highest BCUT2D eigenvalue weighted by molar-refractivity contribution is 5.95. The molecule has 0 unspecified atom stereocenters. The smallest absolute Gasteiger partial charge is 0.258 e. The van der Waals surface area contributed by atoms with Gasteiger partial charge in [0.05, 0.1) is 5.56 Å². The van der Waals surface area contributed by atoms with Crippen molar-refractivity contribution < 1.29 is 14.3 Å². The van der Waals surface area contributed by atoms with Crippen molar-refractivity contribution in [2.24, 2.45) is 5.73 Å². The van der Waals surface area contributed by atoms with Crippen LogP contribution in [0.4, 0.5) is 0 Å². The molecule has 21 heavy (non-hydrogen) atoms. The van der Waals surface area contributed by atoms with Gasteiger partial charge in [-0.15, -0.1) is 0 Å². The van der Waals surface area contributed by atoms with Crippen LogP contribution in [-0.2, 0) is 4.79 Å². The fraction of sp³-hybridized carbons (Fsp3) is 0.500. The maximum Gasteiger partial charge on any atom is 0.258 e. The Hall–Kier alpha value is -2.04. The Morgan fingerprint density at radius 1 is 1.29 bits per heavy atom. The van der Waals surface area contributed by atoms with E-state index in [-0.39, 0.29) is 24.1 Å². The summed E-state index contributed by atoms with van der Waals surface area (Å²) in [6, 6.07) is 6.75. The van der Waals surface area contributed by atoms with Crippen molar-refractivity contribution in [1.29, 1.82) is 0 Å². The Morgan fingerprint density at radius 3 is 2.67 bits per heavy atom. The second kappa shape index (κ2) is 9.00. The van der Waals surface area contributed by atoms with E-state index >= 15 is 0 Å². The molecule has 0 aliphatic heterocycles. The highest BCUT2D eigenvalue weighted by Gasteiger charge is 2.11. The molecule has 1 aromatic rings. The molecule has 0 aliphatic rings. The second-order valence-electron chi connectivity index (χ2n) is 5.11. The van der Waals surface area contributed by atoms with Crippen LogP contribution in [0, 0.1) is 0 Å². The summed E-state index contributed by atoms with van der Waals surface area (Å²) in [6.07, 6.45) is 4.39. The average molecular weight is 292 g/mol. The van der Waals surface area contributed by atoms with Gasteiger partial charge >= 0.3 is 0 Å². The van der Waals surface area contributed by atoms with Gasteiger partial charge < -0.3 is 15.8 Å². The van der Waals surface area contributed by atoms with E-state index in [0.29, 0.717) is 5.75 Å². The summed E-state index contributed by atoms with van der Waals surface area (Å²) in [5, 5.41) is 2.88. The molecule has 0 heterocycles. The van der Waals surface area contributed by atoms with E-state index in [1.54, 1.807) is 24.3 Å². The molecule has 2 amide bonds. The first-order valence-corrected chi connectivity index (χ1v) is 7.35. The third-order valence-electron chi connectivity index (χ3n) is 3.16. The monoisotopic (exact) mass is 292 g/mol. The average Bonchev–Trinajstić information content (AvgIpc) is 2.45. The third kappa shape index (κ3) is 6.29. The summed E-state index contributed by atoms with van der Waals surface area (Å²) in [5.41, 5.74) is 5.53. The topological polar surface area (TPSA) is 81.4 Å². The first kappa shape index (κ1) is 17.0. The number of benzene rings is 1. The Morgan fingerprint density at radius 2 is 2.00 bits per heavy atom. The summed E-state index contributed by atoms with van der Waals surface area (Å²) in [6.45, 7) is 4.00. The molecule has 0 bridgehead atoms. The summed E-state index contributed by atoms with van der Waals surface area (Å²) in [4.78, 5) is 23.0. The zero-order valence-electron chi connectivity index (χ0n) is 12.7. The molecule has 1 atom stereocenters. The largest absolute Gasteiger partial charge is 0.483 e. The fourth-order valence-corrected chi connectivity index (χ4v) is 2.03. The highest BCUT2D eigenvalue weighted by atomic mass is 16.5. The standard InChI is InChI=1S/C16H24N2O3/c1-3-4-5-8-12(2)18-15(19)11-21-14-10-7-6-9-13(14)16(17)20/h6-7,9-10,12H,3-5,8,11H2,1-2H3,(H2,17,20)(H,18,19)/t12-/m0/s1. The molecule has 0 saturated heterocycles. The molecule has 5 heteroatoms. The summed E-state index contributed by atoms with van der Waals surface area (Å²) in [5.74, 6) is -0.434. The van der Waals surface area contributed by atoms with Gasteiger partial charge in [-0.05, 0) is 25.5 Å². The lowest BCUT2D eigenvalue weighted by Gasteiger charge is -2.14. The van der Waals surface area contributed by atoms with Crippen LogP contribution < -0.4 is 15.8 Å². The van der Waals surface area contributed by atoms with Crippen molar-refractivity contribution >= 4 is 11.8 Å². The van der Waals surface area contributed by atoms with Gasteiger partial charge in [0.15, 0.2) is 6.61 Å². The van der Waals surface area contributed by atoms with Gasteiger partial charge in [0.25, 0.3) is 11.8 Å². The zero-order chi connectivity index (χ0) is 15.7. The molecule has 1 aromatic carbocycles. The lowest BCUT2D eigenvalue weighted by Crippen LogP contribution is -2.36. The third-order valence-corrected chi connectivity index (χ3v) is 3.16. The number of hydrogen-bond acceptors (Lipinski definition) is 3. The van der Waals surface area contributed by atoms with E-state index in [4.69, 9.17) is 10.5 Å². The zero-order valence-corrected chi connectivity index (χ0v) is 12.7. The summed E-state index contributed by atoms with van der Waals surface area (Å²) in [7, 11) is 0. The lowest BCUT2D eigenvalue weighted by molar-refractivity contribution is -0.123. The number of carbonyl (C=O) groups is 2. The van der Waals surface area contributed by atoms with Crippen LogP contribution >= 0.6 is 0 Å². The predicted molar refractivity (Wildman–Crippen MR) is 82.2 cm³/mol. The molecule has 0 aliphatic carbocycles. The van der Waals surface area contributed by atoms with Gasteiger partial charge in [-0.25, -0.2) is 0 Å². The van der Waals surface area contributed by atoms with E-state index in [1.165, 1.54) is 6.42 Å². The first-order chi connectivity index (χ1) is 10.0. The van der Waals surface area contributed by atoms with E-state index in [9.17, 15) is 9.59 Å². The number of nitrogens with two attached hydrogens (primary N) is 1. The van der Waals surface area contributed by atoms with Crippen LogP contribution in [0.25, 0.3) is 0 Å². The van der Waals surface area contributed by atoms with Crippen molar-refractivity contribution in [3.63, 3.8) is 0 Å². The van der Waals surface area contributed by atoms with Crippen LogP contribution in [0.15, 0.2) is 24.3 Å². The molecule has 5 nitrogen and oxygen atoms in total. The van der Waals surface area contributed by atoms with Crippen LogP contribution in [0.5, 0.6) is 5.75 Å². The quantitative estimate of drug-likeness (QED) is 0.685. The lowest BCUT2D eigenvalue weighted by atomic mass is 10.1. The number of para-hydroxylation sites is 1. The van der Waals surface area contributed by atoms with Gasteiger partial charge in [-0.1, -0.05) is 38.3 Å². The van der Waals surface area contributed by atoms with Crippen LogP contribution in [0.2, 0.25) is 0 Å². The molecule has 0 aromatic heterocycles. The number of ether oxygens (including phenoxy) is 1. The minimum atomic E-state index is -0.570. The Kier molecular flexibility index (Phi) is 7.29. The molecule has 0 spiro atoms. The Balaban J connectivity index is 2.41. The number of unbranched alkanes of at least 4 members (excludes halogenated alkanes) is 2. The number of primary amides is 1. The van der Waals surface area contributed by atoms with Gasteiger partial charge in [-0.3, -0.25) is 9.59 Å². The molecule has 1 rings (SSSR count). The number of nitrogens with one attached hydrogen (secondary N) is 1. The molecule has 116 valence electrons. The molecule has 0 fully saturated rings. The van der Waals surface area contributed by atoms with Crippen LogP contribution in [-0.4, -0.2) is 24.5 Å².